The second-order valence-electron chi connectivity index (χ2n) is 2.59. The molecule has 0 radical (unpaired) electrons. The summed E-state index contributed by atoms with van der Waals surface area (Å²) in [6.45, 7) is 0. The predicted molar refractivity (Wildman–Crippen MR) is 57.7 cm³/mol. The molecule has 0 amide bonds. The van der Waals surface area contributed by atoms with E-state index in [1.165, 1.54) is 0 Å². The third-order valence-electron chi connectivity index (χ3n) is 1.77. The van der Waals surface area contributed by atoms with Crippen LogP contribution in [0.1, 0.15) is 10.4 Å². The molecule has 0 atom stereocenters. The summed E-state index contributed by atoms with van der Waals surface area (Å²) in [6, 6.07) is 5.57. The molecule has 0 unspecified atom stereocenters. The first-order valence-corrected chi connectivity index (χ1v) is 5.74. The van der Waals surface area contributed by atoms with E-state index in [2.05, 4.69) is 20.9 Å². The molecule has 4 heteroatoms. The number of hydrogen-bond donors (Lipinski definition) is 0. The van der Waals surface area contributed by atoms with Gasteiger partial charge in [0.25, 0.3) is 0 Å². The molecule has 1 aromatic carbocycles. The molecular weight excluding hydrogens is 250 g/mol. The highest BCUT2D eigenvalue weighted by Gasteiger charge is 2.05. The first-order valence-electron chi connectivity index (χ1n) is 3.73. The molecule has 66 valence electrons. The Labute approximate surface area is 87.7 Å². The van der Waals surface area contributed by atoms with E-state index in [1.807, 2.05) is 18.2 Å². The van der Waals surface area contributed by atoms with Crippen LogP contribution in [0.25, 0.3) is 10.2 Å². The Morgan fingerprint density at radius 3 is 3.15 bits per heavy atom. The van der Waals surface area contributed by atoms with Gasteiger partial charge in [0.05, 0.1) is 21.1 Å². The number of halogens is 1. The molecule has 0 aliphatic heterocycles. The van der Waals surface area contributed by atoms with Crippen molar-refractivity contribution in [1.82, 2.24) is 4.98 Å². The average molecular weight is 256 g/mol. The Morgan fingerprint density at radius 1 is 1.54 bits per heavy atom. The van der Waals surface area contributed by atoms with Crippen LogP contribution < -0.4 is 0 Å². The lowest BCUT2D eigenvalue weighted by atomic mass is 10.1. The van der Waals surface area contributed by atoms with E-state index in [1.54, 1.807) is 16.8 Å². The van der Waals surface area contributed by atoms with Crippen molar-refractivity contribution in [2.45, 2.75) is 0 Å². The van der Waals surface area contributed by atoms with Crippen molar-refractivity contribution in [2.24, 2.45) is 0 Å². The maximum Gasteiger partial charge on any atom is 0.173 e. The van der Waals surface area contributed by atoms with Gasteiger partial charge in [0.1, 0.15) is 0 Å². The number of carbonyl (C=O) groups excluding carboxylic acids is 1. The molecule has 0 aliphatic rings. The van der Waals surface area contributed by atoms with Gasteiger partial charge < -0.3 is 0 Å². The van der Waals surface area contributed by atoms with Crippen molar-refractivity contribution < 1.29 is 4.79 Å². The zero-order valence-corrected chi connectivity index (χ0v) is 9.06. The topological polar surface area (TPSA) is 30.0 Å². The van der Waals surface area contributed by atoms with E-state index in [0.29, 0.717) is 5.33 Å². The molecule has 0 spiro atoms. The maximum absolute atomic E-state index is 11.3. The van der Waals surface area contributed by atoms with Gasteiger partial charge in [-0.25, -0.2) is 4.98 Å². The molecule has 2 nitrogen and oxygen atoms in total. The van der Waals surface area contributed by atoms with E-state index in [-0.39, 0.29) is 5.78 Å². The minimum atomic E-state index is 0.107. The Kier molecular flexibility index (Phi) is 2.42. The van der Waals surface area contributed by atoms with Crippen LogP contribution in [0.15, 0.2) is 23.7 Å². The van der Waals surface area contributed by atoms with Crippen molar-refractivity contribution >= 4 is 43.3 Å². The largest absolute Gasteiger partial charge is 0.293 e. The molecule has 2 aromatic rings. The molecule has 1 heterocycles. The Morgan fingerprint density at radius 2 is 2.38 bits per heavy atom. The SMILES string of the molecule is O=C(CBr)c1ccc2ncsc2c1. The van der Waals surface area contributed by atoms with Gasteiger partial charge >= 0.3 is 0 Å². The number of carbonyl (C=O) groups is 1. The van der Waals surface area contributed by atoms with Gasteiger partial charge in [0, 0.05) is 5.56 Å². The van der Waals surface area contributed by atoms with Crippen LogP contribution in [0.4, 0.5) is 0 Å². The Balaban J connectivity index is 2.54. The minimum absolute atomic E-state index is 0.107. The van der Waals surface area contributed by atoms with Crippen molar-refractivity contribution in [3.63, 3.8) is 0 Å². The number of alkyl halides is 1. The lowest BCUT2D eigenvalue weighted by Gasteiger charge is -1.95. The molecule has 0 saturated carbocycles. The number of ketones is 1. The molecule has 0 N–H and O–H groups in total. The van der Waals surface area contributed by atoms with Crippen molar-refractivity contribution in [1.29, 1.82) is 0 Å². The maximum atomic E-state index is 11.3. The first-order chi connectivity index (χ1) is 6.31. The summed E-state index contributed by atoms with van der Waals surface area (Å²) in [4.78, 5) is 15.5. The summed E-state index contributed by atoms with van der Waals surface area (Å²) in [5.74, 6) is 0.107. The van der Waals surface area contributed by atoms with E-state index in [9.17, 15) is 4.79 Å². The van der Waals surface area contributed by atoms with Gasteiger partial charge in [-0.05, 0) is 18.2 Å². The standard InChI is InChI=1S/C9H6BrNOS/c10-4-8(12)6-1-2-7-9(3-6)13-5-11-7/h1-3,5H,4H2. The summed E-state index contributed by atoms with van der Waals surface area (Å²) < 4.78 is 1.06. The fourth-order valence-corrected chi connectivity index (χ4v) is 2.15. The predicted octanol–water partition coefficient (Wildman–Crippen LogP) is 2.87. The van der Waals surface area contributed by atoms with Gasteiger partial charge in [-0.1, -0.05) is 15.9 Å². The minimum Gasteiger partial charge on any atom is -0.293 e. The summed E-state index contributed by atoms with van der Waals surface area (Å²) in [7, 11) is 0. The summed E-state index contributed by atoms with van der Waals surface area (Å²) >= 11 is 4.70. The fourth-order valence-electron chi connectivity index (χ4n) is 1.11. The van der Waals surface area contributed by atoms with E-state index >= 15 is 0 Å². The third-order valence-corrected chi connectivity index (χ3v) is 3.08. The number of hydrogen-bond acceptors (Lipinski definition) is 3. The van der Waals surface area contributed by atoms with Crippen LogP contribution in [-0.2, 0) is 0 Å². The fraction of sp³-hybridized carbons (Fsp3) is 0.111. The van der Waals surface area contributed by atoms with E-state index in [4.69, 9.17) is 0 Å². The van der Waals surface area contributed by atoms with E-state index in [0.717, 1.165) is 15.8 Å². The molecular formula is C9H6BrNOS. The second kappa shape index (κ2) is 3.55. The van der Waals surface area contributed by atoms with Gasteiger partial charge in [-0.15, -0.1) is 11.3 Å². The monoisotopic (exact) mass is 255 g/mol. The first kappa shape index (κ1) is 8.84. The molecule has 2 rings (SSSR count). The molecule has 0 fully saturated rings. The smallest absolute Gasteiger partial charge is 0.173 e. The van der Waals surface area contributed by atoms with Crippen LogP contribution in [0.5, 0.6) is 0 Å². The van der Waals surface area contributed by atoms with Crippen LogP contribution in [0, 0.1) is 0 Å². The number of benzene rings is 1. The van der Waals surface area contributed by atoms with E-state index < -0.39 is 0 Å². The van der Waals surface area contributed by atoms with Crippen LogP contribution in [0.2, 0.25) is 0 Å². The lowest BCUT2D eigenvalue weighted by Crippen LogP contribution is -1.98. The highest BCUT2D eigenvalue weighted by atomic mass is 79.9. The molecule has 1 aromatic heterocycles. The average Bonchev–Trinajstić information content (AvgIpc) is 2.63. The molecule has 0 aliphatic carbocycles. The zero-order chi connectivity index (χ0) is 9.26. The summed E-state index contributed by atoms with van der Waals surface area (Å²) in [6.07, 6.45) is 0. The van der Waals surface area contributed by atoms with Gasteiger partial charge in [-0.3, -0.25) is 4.79 Å². The van der Waals surface area contributed by atoms with Crippen LogP contribution >= 0.6 is 27.3 Å². The van der Waals surface area contributed by atoms with Crippen LogP contribution in [-0.4, -0.2) is 16.1 Å². The third kappa shape index (κ3) is 1.64. The molecule has 13 heavy (non-hydrogen) atoms. The van der Waals surface area contributed by atoms with Crippen molar-refractivity contribution in [3.8, 4) is 0 Å². The Bertz CT molecular complexity index is 452. The molecule has 0 saturated heterocycles. The Hall–Kier alpha value is -0.740. The van der Waals surface area contributed by atoms with Gasteiger partial charge in [0.15, 0.2) is 5.78 Å². The molecule has 0 bridgehead atoms. The summed E-state index contributed by atoms with van der Waals surface area (Å²) in [5.41, 5.74) is 3.48. The number of fused-ring (bicyclic) bond motifs is 1. The number of rotatable bonds is 2. The van der Waals surface area contributed by atoms with Crippen molar-refractivity contribution in [3.05, 3.63) is 29.3 Å². The summed E-state index contributed by atoms with van der Waals surface area (Å²) in [5, 5.41) is 0.372. The number of aromatic nitrogens is 1. The van der Waals surface area contributed by atoms with Gasteiger partial charge in [-0.2, -0.15) is 0 Å². The zero-order valence-electron chi connectivity index (χ0n) is 6.66. The van der Waals surface area contributed by atoms with Crippen molar-refractivity contribution in [2.75, 3.05) is 5.33 Å². The quantitative estimate of drug-likeness (QED) is 0.610. The second-order valence-corrected chi connectivity index (χ2v) is 4.04. The van der Waals surface area contributed by atoms with Crippen LogP contribution in [0.3, 0.4) is 0 Å². The number of thiazole rings is 1. The highest BCUT2D eigenvalue weighted by Crippen LogP contribution is 2.19. The normalized spacial score (nSPS) is 10.5. The highest BCUT2D eigenvalue weighted by molar-refractivity contribution is 9.09. The lowest BCUT2D eigenvalue weighted by molar-refractivity contribution is 0.102. The van der Waals surface area contributed by atoms with Gasteiger partial charge in [0.2, 0.25) is 0 Å². The number of Topliss-reactive ketones (excluding diaryl/α,β-unsaturated/α-hetero) is 1. The number of nitrogens with zero attached hydrogens (tertiary/aromatic N) is 1.